The van der Waals surface area contributed by atoms with Gasteiger partial charge in [-0.05, 0) is 32.0 Å². The summed E-state index contributed by atoms with van der Waals surface area (Å²) in [5.41, 5.74) is 1.12. The third kappa shape index (κ3) is 4.35. The Balaban J connectivity index is 1.77. The molecule has 0 aromatic carbocycles. The van der Waals surface area contributed by atoms with Gasteiger partial charge >= 0.3 is 0 Å². The maximum absolute atomic E-state index is 13.1. The molecule has 1 amide bonds. The maximum atomic E-state index is 13.1. The fraction of sp³-hybridized carbons (Fsp3) is 0.364. The van der Waals surface area contributed by atoms with Crippen LogP contribution in [-0.4, -0.2) is 61.6 Å². The second-order valence-electron chi connectivity index (χ2n) is 7.76. The number of methoxy groups -OCH3 is 1. The van der Waals surface area contributed by atoms with Crippen molar-refractivity contribution in [1.29, 1.82) is 0 Å². The Kier molecular flexibility index (Phi) is 6.22. The molecule has 1 atom stereocenters. The lowest BCUT2D eigenvalue weighted by atomic mass is 10.1. The van der Waals surface area contributed by atoms with E-state index in [4.69, 9.17) is 9.72 Å². The van der Waals surface area contributed by atoms with E-state index in [2.05, 4.69) is 39.0 Å². The molecule has 1 aliphatic rings. The van der Waals surface area contributed by atoms with Gasteiger partial charge in [-0.15, -0.1) is 0 Å². The van der Waals surface area contributed by atoms with Crippen molar-refractivity contribution in [2.75, 3.05) is 20.2 Å². The minimum absolute atomic E-state index is 0.188. The average Bonchev–Trinajstić information content (AvgIpc) is 2.99. The largest absolute Gasteiger partial charge is 0.480 e. The lowest BCUT2D eigenvalue weighted by molar-refractivity contribution is 0.0915. The zero-order valence-corrected chi connectivity index (χ0v) is 18.2. The molecule has 1 aliphatic heterocycles. The summed E-state index contributed by atoms with van der Waals surface area (Å²) in [7, 11) is 1.47. The van der Waals surface area contributed by atoms with Crippen LogP contribution in [0.2, 0.25) is 0 Å². The van der Waals surface area contributed by atoms with Gasteiger partial charge in [-0.3, -0.25) is 19.1 Å². The Morgan fingerprint density at radius 2 is 2.03 bits per heavy atom. The van der Waals surface area contributed by atoms with Gasteiger partial charge in [-0.2, -0.15) is 0 Å². The molecule has 3 aromatic heterocycles. The highest BCUT2D eigenvalue weighted by molar-refractivity contribution is 5.96. The van der Waals surface area contributed by atoms with Crippen molar-refractivity contribution in [3.63, 3.8) is 0 Å². The van der Waals surface area contributed by atoms with Crippen LogP contribution in [0.4, 0.5) is 0 Å². The van der Waals surface area contributed by atoms with Gasteiger partial charge in [-0.1, -0.05) is 0 Å². The van der Waals surface area contributed by atoms with Crippen molar-refractivity contribution >= 4 is 5.91 Å². The highest BCUT2D eigenvalue weighted by atomic mass is 16.5. The highest BCUT2D eigenvalue weighted by Gasteiger charge is 2.29. The molecular weight excluding hydrogens is 410 g/mol. The molecule has 1 N–H and O–H groups in total. The van der Waals surface area contributed by atoms with Crippen molar-refractivity contribution in [1.82, 2.24) is 34.7 Å². The van der Waals surface area contributed by atoms with Gasteiger partial charge < -0.3 is 10.1 Å². The number of nitrogens with zero attached hydrogens (tertiary/aromatic N) is 6. The first-order valence-electron chi connectivity index (χ1n) is 10.4. The van der Waals surface area contributed by atoms with Crippen LogP contribution in [0.25, 0.3) is 11.4 Å². The topological polar surface area (TPSA) is 115 Å². The SMILES string of the molecule is COc1ncccc1C(=O)NC1CN(C(C)C)CCn2c1nc(-c1ccncn1)cc2=O. The van der Waals surface area contributed by atoms with Crippen LogP contribution in [0, 0.1) is 0 Å². The van der Waals surface area contributed by atoms with Gasteiger partial charge in [0.15, 0.2) is 0 Å². The molecular formula is C22H25N7O3. The van der Waals surface area contributed by atoms with Crippen LogP contribution in [0.15, 0.2) is 47.8 Å². The van der Waals surface area contributed by atoms with E-state index in [-0.39, 0.29) is 23.4 Å². The normalized spacial score (nSPS) is 16.3. The Morgan fingerprint density at radius 1 is 1.19 bits per heavy atom. The lowest BCUT2D eigenvalue weighted by Gasteiger charge is -2.27. The van der Waals surface area contributed by atoms with Crippen LogP contribution in [0.3, 0.4) is 0 Å². The summed E-state index contributed by atoms with van der Waals surface area (Å²) in [5, 5.41) is 3.04. The number of carbonyl (C=O) groups is 1. The standard InChI is InChI=1S/C22H25N7O3/c1-14(2)28-9-10-29-19(30)11-17(16-6-8-23-13-25-16)26-20(29)18(12-28)27-21(31)15-5-4-7-24-22(15)32-3/h4-8,11,13-14,18H,9-10,12H2,1-3H3,(H,27,31). The van der Waals surface area contributed by atoms with Crippen LogP contribution in [0.5, 0.6) is 5.88 Å². The molecule has 0 spiro atoms. The number of nitrogens with one attached hydrogen (secondary N) is 1. The number of pyridine rings is 1. The Labute approximate surface area is 185 Å². The first-order chi connectivity index (χ1) is 15.5. The first-order valence-corrected chi connectivity index (χ1v) is 10.4. The molecule has 32 heavy (non-hydrogen) atoms. The molecule has 4 heterocycles. The van der Waals surface area contributed by atoms with Crippen LogP contribution in [-0.2, 0) is 6.54 Å². The minimum Gasteiger partial charge on any atom is -0.480 e. The van der Waals surface area contributed by atoms with Crippen LogP contribution < -0.4 is 15.6 Å². The summed E-state index contributed by atoms with van der Waals surface area (Å²) in [6.45, 7) is 5.82. The van der Waals surface area contributed by atoms with E-state index in [9.17, 15) is 9.59 Å². The molecule has 0 aliphatic carbocycles. The van der Waals surface area contributed by atoms with E-state index >= 15 is 0 Å². The van der Waals surface area contributed by atoms with E-state index in [0.717, 1.165) is 0 Å². The van der Waals surface area contributed by atoms with E-state index < -0.39 is 6.04 Å². The van der Waals surface area contributed by atoms with Gasteiger partial charge in [0.25, 0.3) is 11.5 Å². The predicted octanol–water partition coefficient (Wildman–Crippen LogP) is 1.30. The summed E-state index contributed by atoms with van der Waals surface area (Å²) < 4.78 is 6.86. The summed E-state index contributed by atoms with van der Waals surface area (Å²) in [4.78, 5) is 45.4. The Morgan fingerprint density at radius 3 is 2.75 bits per heavy atom. The molecule has 0 radical (unpaired) electrons. The average molecular weight is 435 g/mol. The quantitative estimate of drug-likeness (QED) is 0.638. The third-order valence-electron chi connectivity index (χ3n) is 5.47. The number of aromatic nitrogens is 5. The zero-order chi connectivity index (χ0) is 22.7. The van der Waals surface area contributed by atoms with Gasteiger partial charge in [-0.25, -0.2) is 19.9 Å². The highest BCUT2D eigenvalue weighted by Crippen LogP contribution is 2.22. The van der Waals surface area contributed by atoms with Crippen LogP contribution >= 0.6 is 0 Å². The predicted molar refractivity (Wildman–Crippen MR) is 117 cm³/mol. The van der Waals surface area contributed by atoms with Crippen molar-refractivity contribution in [2.24, 2.45) is 0 Å². The van der Waals surface area contributed by atoms with Crippen molar-refractivity contribution in [3.8, 4) is 17.3 Å². The lowest BCUT2D eigenvalue weighted by Crippen LogP contribution is -2.40. The molecule has 0 fully saturated rings. The Hall–Kier alpha value is -3.66. The molecule has 166 valence electrons. The monoisotopic (exact) mass is 435 g/mol. The van der Waals surface area contributed by atoms with Gasteiger partial charge in [0, 0.05) is 44.1 Å². The maximum Gasteiger partial charge on any atom is 0.257 e. The van der Waals surface area contributed by atoms with Crippen molar-refractivity contribution < 1.29 is 9.53 Å². The number of hydrogen-bond donors (Lipinski definition) is 1. The van der Waals surface area contributed by atoms with Gasteiger partial charge in [0.2, 0.25) is 5.88 Å². The second-order valence-corrected chi connectivity index (χ2v) is 7.76. The van der Waals surface area contributed by atoms with Gasteiger partial charge in [0.05, 0.1) is 18.5 Å². The molecule has 4 rings (SSSR count). The minimum atomic E-state index is -0.521. The van der Waals surface area contributed by atoms with Crippen LogP contribution in [0.1, 0.15) is 36.1 Å². The number of fused-ring (bicyclic) bond motifs is 1. The van der Waals surface area contributed by atoms with E-state index in [1.165, 1.54) is 19.5 Å². The number of hydrogen-bond acceptors (Lipinski definition) is 8. The van der Waals surface area contributed by atoms with E-state index in [1.807, 2.05) is 0 Å². The third-order valence-corrected chi connectivity index (χ3v) is 5.47. The summed E-state index contributed by atoms with van der Waals surface area (Å²) in [6.07, 6.45) is 4.57. The van der Waals surface area contributed by atoms with Crippen molar-refractivity contribution in [3.05, 3.63) is 64.7 Å². The number of rotatable bonds is 5. The second kappa shape index (κ2) is 9.23. The molecule has 1 unspecified atom stereocenters. The molecule has 10 heteroatoms. The molecule has 0 saturated carbocycles. The number of carbonyl (C=O) groups excluding carboxylic acids is 1. The molecule has 0 bridgehead atoms. The van der Waals surface area contributed by atoms with E-state index in [0.29, 0.717) is 42.4 Å². The number of amides is 1. The summed E-state index contributed by atoms with van der Waals surface area (Å²) in [5.74, 6) is 0.378. The molecule has 3 aromatic rings. The molecule has 0 saturated heterocycles. The zero-order valence-electron chi connectivity index (χ0n) is 18.2. The Bertz CT molecular complexity index is 1160. The van der Waals surface area contributed by atoms with Gasteiger partial charge in [0.1, 0.15) is 23.8 Å². The smallest absolute Gasteiger partial charge is 0.257 e. The molecule has 10 nitrogen and oxygen atoms in total. The summed E-state index contributed by atoms with van der Waals surface area (Å²) >= 11 is 0. The van der Waals surface area contributed by atoms with Crippen molar-refractivity contribution in [2.45, 2.75) is 32.5 Å². The first kappa shape index (κ1) is 21.6. The fourth-order valence-corrected chi connectivity index (χ4v) is 3.77. The fourth-order valence-electron chi connectivity index (χ4n) is 3.77. The number of ether oxygens (including phenoxy) is 1. The summed E-state index contributed by atoms with van der Waals surface area (Å²) in [6, 6.07) is 6.20. The van der Waals surface area contributed by atoms with E-state index in [1.54, 1.807) is 35.2 Å².